The van der Waals surface area contributed by atoms with Crippen LogP contribution in [0.5, 0.6) is 11.5 Å². The van der Waals surface area contributed by atoms with E-state index in [1.54, 1.807) is 20.3 Å². The van der Waals surface area contributed by atoms with Crippen molar-refractivity contribution in [2.24, 2.45) is 0 Å². The summed E-state index contributed by atoms with van der Waals surface area (Å²) in [5, 5.41) is 0.375. The molecule has 3 aromatic rings. The van der Waals surface area contributed by atoms with Crippen LogP contribution in [0, 0.1) is 5.82 Å². The van der Waals surface area contributed by atoms with Crippen molar-refractivity contribution in [3.05, 3.63) is 88.7 Å². The van der Waals surface area contributed by atoms with Gasteiger partial charge in [0.25, 0.3) is 0 Å². The summed E-state index contributed by atoms with van der Waals surface area (Å²) in [5.41, 5.74) is 2.90. The number of nitrogens with zero attached hydrogens (tertiary/aromatic N) is 1. The van der Waals surface area contributed by atoms with Gasteiger partial charge in [0, 0.05) is 23.8 Å². The van der Waals surface area contributed by atoms with Gasteiger partial charge in [-0.25, -0.2) is 4.39 Å². The first-order chi connectivity index (χ1) is 13.1. The molecule has 3 aromatic carbocycles. The van der Waals surface area contributed by atoms with Crippen molar-refractivity contribution in [1.82, 2.24) is 0 Å². The third-order valence-corrected chi connectivity index (χ3v) is 4.50. The molecule has 0 aromatic heterocycles. The van der Waals surface area contributed by atoms with E-state index in [-0.39, 0.29) is 5.82 Å². The molecular weight excluding hydrogens is 365 g/mol. The molecule has 0 aliphatic rings. The van der Waals surface area contributed by atoms with E-state index in [2.05, 4.69) is 4.90 Å². The minimum Gasteiger partial charge on any atom is -0.497 e. The fraction of sp³-hybridized carbons (Fsp3) is 0.182. The molecule has 0 N–H and O–H groups in total. The summed E-state index contributed by atoms with van der Waals surface area (Å²) < 4.78 is 24.3. The van der Waals surface area contributed by atoms with Crippen LogP contribution in [-0.2, 0) is 13.1 Å². The number of rotatable bonds is 7. The Bertz CT molecular complexity index is 812. The van der Waals surface area contributed by atoms with E-state index in [0.29, 0.717) is 18.1 Å². The summed E-state index contributed by atoms with van der Waals surface area (Å²) in [7, 11) is 3.28. The second kappa shape index (κ2) is 8.78. The van der Waals surface area contributed by atoms with Gasteiger partial charge in [-0.3, -0.25) is 0 Å². The highest BCUT2D eigenvalue weighted by Gasteiger charge is 2.11. The summed E-state index contributed by atoms with van der Waals surface area (Å²) in [6.07, 6.45) is 0. The normalized spacial score (nSPS) is 10.5. The molecule has 5 heteroatoms. The Hall–Kier alpha value is -2.72. The number of benzene rings is 3. The van der Waals surface area contributed by atoms with Crippen molar-refractivity contribution in [1.29, 1.82) is 0 Å². The van der Waals surface area contributed by atoms with Crippen molar-refractivity contribution in [2.45, 2.75) is 13.1 Å². The molecule has 0 fully saturated rings. The minimum absolute atomic E-state index is 0.355. The van der Waals surface area contributed by atoms with Gasteiger partial charge < -0.3 is 14.4 Å². The molecule has 0 bridgehead atoms. The Balaban J connectivity index is 1.88. The van der Waals surface area contributed by atoms with Gasteiger partial charge in [0.05, 0.1) is 14.2 Å². The van der Waals surface area contributed by atoms with E-state index in [1.165, 1.54) is 12.1 Å². The SMILES string of the molecule is COc1ccc(CN(Cc2ccc(OC)cc2)c2cc(F)cc(Cl)c2)cc1. The van der Waals surface area contributed by atoms with Crippen molar-refractivity contribution in [3.8, 4) is 11.5 Å². The first-order valence-electron chi connectivity index (χ1n) is 8.54. The lowest BCUT2D eigenvalue weighted by molar-refractivity contribution is 0.414. The molecular formula is C22H21ClFNO2. The van der Waals surface area contributed by atoms with Crippen molar-refractivity contribution < 1.29 is 13.9 Å². The molecule has 0 amide bonds. The predicted molar refractivity (Wildman–Crippen MR) is 107 cm³/mol. The van der Waals surface area contributed by atoms with Crippen LogP contribution in [0.1, 0.15) is 11.1 Å². The van der Waals surface area contributed by atoms with Crippen LogP contribution >= 0.6 is 11.6 Å². The third kappa shape index (κ3) is 5.14. The van der Waals surface area contributed by atoms with E-state index in [1.807, 2.05) is 48.5 Å². The molecule has 0 saturated carbocycles. The van der Waals surface area contributed by atoms with Gasteiger partial charge in [-0.2, -0.15) is 0 Å². The zero-order valence-electron chi connectivity index (χ0n) is 15.3. The maximum atomic E-state index is 13.9. The van der Waals surface area contributed by atoms with E-state index in [9.17, 15) is 4.39 Å². The smallest absolute Gasteiger partial charge is 0.126 e. The Morgan fingerprint density at radius 2 is 1.26 bits per heavy atom. The lowest BCUT2D eigenvalue weighted by Crippen LogP contribution is -2.22. The predicted octanol–water partition coefficient (Wildman–Crippen LogP) is 5.70. The first kappa shape index (κ1) is 19.1. The Kier molecular flexibility index (Phi) is 6.20. The zero-order chi connectivity index (χ0) is 19.2. The van der Waals surface area contributed by atoms with Crippen LogP contribution in [-0.4, -0.2) is 14.2 Å². The first-order valence-corrected chi connectivity index (χ1v) is 8.92. The zero-order valence-corrected chi connectivity index (χ0v) is 16.0. The van der Waals surface area contributed by atoms with Gasteiger partial charge in [-0.05, 0) is 53.6 Å². The molecule has 0 radical (unpaired) electrons. The second-order valence-electron chi connectivity index (χ2n) is 6.18. The molecule has 0 unspecified atom stereocenters. The summed E-state index contributed by atoms with van der Waals surface area (Å²) in [5.74, 6) is 1.25. The van der Waals surface area contributed by atoms with E-state index < -0.39 is 0 Å². The molecule has 0 aliphatic heterocycles. The monoisotopic (exact) mass is 385 g/mol. The number of hydrogen-bond donors (Lipinski definition) is 0. The quantitative estimate of drug-likeness (QED) is 0.520. The van der Waals surface area contributed by atoms with E-state index in [4.69, 9.17) is 21.1 Å². The Morgan fingerprint density at radius 3 is 1.67 bits per heavy atom. The molecule has 27 heavy (non-hydrogen) atoms. The fourth-order valence-corrected chi connectivity index (χ4v) is 3.08. The number of hydrogen-bond acceptors (Lipinski definition) is 3. The van der Waals surface area contributed by atoms with E-state index >= 15 is 0 Å². The minimum atomic E-state index is -0.355. The maximum Gasteiger partial charge on any atom is 0.126 e. The lowest BCUT2D eigenvalue weighted by Gasteiger charge is -2.26. The molecule has 0 saturated heterocycles. The number of anilines is 1. The fourth-order valence-electron chi connectivity index (χ4n) is 2.86. The molecule has 0 aliphatic carbocycles. The topological polar surface area (TPSA) is 21.7 Å². The number of methoxy groups -OCH3 is 2. The van der Waals surface area contributed by atoms with Crippen LogP contribution in [0.4, 0.5) is 10.1 Å². The highest BCUT2D eigenvalue weighted by atomic mass is 35.5. The molecule has 3 rings (SSSR count). The van der Waals surface area contributed by atoms with Crippen molar-refractivity contribution in [2.75, 3.05) is 19.1 Å². The highest BCUT2D eigenvalue weighted by molar-refractivity contribution is 6.30. The van der Waals surface area contributed by atoms with E-state index in [0.717, 1.165) is 28.3 Å². The molecule has 3 nitrogen and oxygen atoms in total. The van der Waals surface area contributed by atoms with Gasteiger partial charge in [-0.15, -0.1) is 0 Å². The van der Waals surface area contributed by atoms with Crippen molar-refractivity contribution >= 4 is 17.3 Å². The summed E-state index contributed by atoms with van der Waals surface area (Å²) in [6.45, 7) is 1.21. The largest absolute Gasteiger partial charge is 0.497 e. The average Bonchev–Trinajstić information content (AvgIpc) is 2.68. The average molecular weight is 386 g/mol. The van der Waals surface area contributed by atoms with Crippen LogP contribution in [0.3, 0.4) is 0 Å². The maximum absolute atomic E-state index is 13.9. The number of ether oxygens (including phenoxy) is 2. The standard InChI is InChI=1S/C22H21ClFNO2/c1-26-21-7-3-16(4-8-21)14-25(20-12-18(23)11-19(24)13-20)15-17-5-9-22(27-2)10-6-17/h3-13H,14-15H2,1-2H3. The summed E-state index contributed by atoms with van der Waals surface area (Å²) in [4.78, 5) is 2.08. The summed E-state index contributed by atoms with van der Waals surface area (Å²) >= 11 is 6.08. The van der Waals surface area contributed by atoms with Crippen LogP contribution in [0.25, 0.3) is 0 Å². The summed E-state index contributed by atoms with van der Waals surface area (Å²) in [6, 6.07) is 20.3. The second-order valence-corrected chi connectivity index (χ2v) is 6.62. The Labute approximate surface area is 163 Å². The molecule has 0 heterocycles. The highest BCUT2D eigenvalue weighted by Crippen LogP contribution is 2.26. The van der Waals surface area contributed by atoms with Crippen molar-refractivity contribution in [3.63, 3.8) is 0 Å². The number of halogens is 2. The van der Waals surface area contributed by atoms with Crippen LogP contribution < -0.4 is 14.4 Å². The van der Waals surface area contributed by atoms with Gasteiger partial charge in [0.1, 0.15) is 17.3 Å². The van der Waals surface area contributed by atoms with Crippen LogP contribution in [0.15, 0.2) is 66.7 Å². The third-order valence-electron chi connectivity index (χ3n) is 4.28. The van der Waals surface area contributed by atoms with Gasteiger partial charge in [0.15, 0.2) is 0 Å². The molecule has 0 spiro atoms. The van der Waals surface area contributed by atoms with Gasteiger partial charge in [-0.1, -0.05) is 35.9 Å². The molecule has 0 atom stereocenters. The Morgan fingerprint density at radius 1 is 0.778 bits per heavy atom. The van der Waals surface area contributed by atoms with Gasteiger partial charge in [0.2, 0.25) is 0 Å². The lowest BCUT2D eigenvalue weighted by atomic mass is 10.1. The van der Waals surface area contributed by atoms with Crippen LogP contribution in [0.2, 0.25) is 5.02 Å². The van der Waals surface area contributed by atoms with Gasteiger partial charge >= 0.3 is 0 Å². The molecule has 140 valence electrons.